The quantitative estimate of drug-likeness (QED) is 0.832. The highest BCUT2D eigenvalue weighted by atomic mass is 32.2. The molecule has 0 radical (unpaired) electrons. The molecule has 2 atom stereocenters. The molecule has 1 aliphatic heterocycles. The predicted molar refractivity (Wildman–Crippen MR) is 76.9 cm³/mol. The molecule has 1 aliphatic rings. The number of thioether (sulfide) groups is 1. The monoisotopic (exact) mass is 274 g/mol. The Morgan fingerprint density at radius 1 is 1.44 bits per heavy atom. The van der Waals surface area contributed by atoms with Crippen molar-refractivity contribution in [1.29, 1.82) is 0 Å². The molecule has 0 aromatic heterocycles. The Morgan fingerprint density at radius 2 is 2.06 bits per heavy atom. The second-order valence-corrected chi connectivity index (χ2v) is 8.05. The Labute approximate surface area is 115 Å². The molecule has 1 N–H and O–H groups in total. The molecule has 0 saturated carbocycles. The molecule has 0 aliphatic carbocycles. The van der Waals surface area contributed by atoms with E-state index >= 15 is 0 Å². The van der Waals surface area contributed by atoms with E-state index in [4.69, 9.17) is 0 Å². The zero-order valence-corrected chi connectivity index (χ0v) is 13.0. The van der Waals surface area contributed by atoms with Gasteiger partial charge in [-0.05, 0) is 20.5 Å². The lowest BCUT2D eigenvalue weighted by molar-refractivity contribution is -0.129. The first-order chi connectivity index (χ1) is 8.19. The van der Waals surface area contributed by atoms with Crippen LogP contribution in [-0.2, 0) is 4.79 Å². The molecule has 0 bridgehead atoms. The van der Waals surface area contributed by atoms with Crippen molar-refractivity contribution in [3.63, 3.8) is 0 Å². The van der Waals surface area contributed by atoms with Gasteiger partial charge in [0.15, 0.2) is 0 Å². The Kier molecular flexibility index (Phi) is 5.49. The van der Waals surface area contributed by atoms with E-state index in [1.54, 1.807) is 11.8 Å². The lowest BCUT2D eigenvalue weighted by atomic mass is 10.2. The second kappa shape index (κ2) is 6.26. The molecular formula is C13H26N2O2S. The van der Waals surface area contributed by atoms with Crippen LogP contribution in [0.1, 0.15) is 27.2 Å². The highest BCUT2D eigenvalue weighted by Gasteiger charge is 2.34. The fourth-order valence-corrected chi connectivity index (χ4v) is 2.88. The molecule has 1 amide bonds. The van der Waals surface area contributed by atoms with Crippen LogP contribution in [0.25, 0.3) is 0 Å². The van der Waals surface area contributed by atoms with E-state index in [-0.39, 0.29) is 22.8 Å². The maximum absolute atomic E-state index is 12.2. The number of rotatable bonds is 4. The van der Waals surface area contributed by atoms with Gasteiger partial charge < -0.3 is 14.9 Å². The average molecular weight is 274 g/mol. The predicted octanol–water partition coefficient (Wildman–Crippen LogP) is 1.04. The van der Waals surface area contributed by atoms with Gasteiger partial charge in [-0.2, -0.15) is 0 Å². The molecule has 5 heteroatoms. The van der Waals surface area contributed by atoms with Gasteiger partial charge in [-0.15, -0.1) is 11.8 Å². The van der Waals surface area contributed by atoms with Crippen LogP contribution in [0, 0.1) is 0 Å². The fraction of sp³-hybridized carbons (Fsp3) is 0.923. The first kappa shape index (κ1) is 15.8. The summed E-state index contributed by atoms with van der Waals surface area (Å²) in [4.78, 5) is 16.1. The van der Waals surface area contributed by atoms with E-state index in [9.17, 15) is 9.90 Å². The van der Waals surface area contributed by atoms with Gasteiger partial charge in [-0.3, -0.25) is 4.79 Å². The third-order valence-corrected chi connectivity index (χ3v) is 4.17. The SMILES string of the molecule is CN(C)CC1CC(O)CN1C(=O)CSC(C)(C)C. The molecule has 2 unspecified atom stereocenters. The van der Waals surface area contributed by atoms with Crippen LogP contribution in [0.2, 0.25) is 0 Å². The van der Waals surface area contributed by atoms with Crippen molar-refractivity contribution in [3.05, 3.63) is 0 Å². The van der Waals surface area contributed by atoms with Crippen molar-refractivity contribution in [2.45, 2.75) is 44.1 Å². The molecule has 18 heavy (non-hydrogen) atoms. The Morgan fingerprint density at radius 3 is 2.56 bits per heavy atom. The average Bonchev–Trinajstić information content (AvgIpc) is 2.53. The lowest BCUT2D eigenvalue weighted by Crippen LogP contribution is -2.42. The highest BCUT2D eigenvalue weighted by Crippen LogP contribution is 2.25. The van der Waals surface area contributed by atoms with Crippen LogP contribution < -0.4 is 0 Å². The van der Waals surface area contributed by atoms with Gasteiger partial charge in [-0.25, -0.2) is 0 Å². The summed E-state index contributed by atoms with van der Waals surface area (Å²) < 4.78 is 0.102. The normalized spacial score (nSPS) is 24.9. The molecule has 0 aromatic carbocycles. The van der Waals surface area contributed by atoms with Gasteiger partial charge >= 0.3 is 0 Å². The van der Waals surface area contributed by atoms with E-state index in [0.717, 1.165) is 6.54 Å². The molecule has 0 spiro atoms. The van der Waals surface area contributed by atoms with E-state index in [0.29, 0.717) is 18.7 Å². The summed E-state index contributed by atoms with van der Waals surface area (Å²) in [6, 6.07) is 0.156. The Balaban J connectivity index is 2.54. The summed E-state index contributed by atoms with van der Waals surface area (Å²) in [7, 11) is 3.99. The minimum Gasteiger partial charge on any atom is -0.391 e. The third kappa shape index (κ3) is 5.16. The number of β-amino-alcohol motifs (C(OH)–C–C–N with tert-alkyl or cyclic N) is 1. The minimum absolute atomic E-state index is 0.102. The van der Waals surface area contributed by atoms with Crippen molar-refractivity contribution in [2.24, 2.45) is 0 Å². The Hall–Kier alpha value is -0.260. The summed E-state index contributed by atoms with van der Waals surface area (Å²) in [6.45, 7) is 7.65. The summed E-state index contributed by atoms with van der Waals surface area (Å²) in [6.07, 6.45) is 0.336. The molecule has 1 rings (SSSR count). The van der Waals surface area contributed by atoms with Gasteiger partial charge in [0, 0.05) is 23.9 Å². The standard InChI is InChI=1S/C13H26N2O2S/c1-13(2,3)18-9-12(17)15-8-11(16)6-10(15)7-14(4)5/h10-11,16H,6-9H2,1-5H3. The van der Waals surface area contributed by atoms with Crippen LogP contribution in [0.3, 0.4) is 0 Å². The number of amides is 1. The van der Waals surface area contributed by atoms with Crippen molar-refractivity contribution in [3.8, 4) is 0 Å². The number of carbonyl (C=O) groups is 1. The van der Waals surface area contributed by atoms with Crippen LogP contribution in [-0.4, -0.2) is 70.6 Å². The topological polar surface area (TPSA) is 43.8 Å². The molecular weight excluding hydrogens is 248 g/mol. The number of aliphatic hydroxyl groups is 1. The number of likely N-dealkylation sites (tertiary alicyclic amines) is 1. The number of likely N-dealkylation sites (N-methyl/N-ethyl adjacent to an activating group) is 1. The van der Waals surface area contributed by atoms with Crippen molar-refractivity contribution in [1.82, 2.24) is 9.80 Å². The summed E-state index contributed by atoms with van der Waals surface area (Å²) in [5.41, 5.74) is 0. The molecule has 106 valence electrons. The molecule has 0 aromatic rings. The van der Waals surface area contributed by atoms with E-state index in [2.05, 4.69) is 25.7 Å². The summed E-state index contributed by atoms with van der Waals surface area (Å²) in [5.74, 6) is 0.651. The lowest BCUT2D eigenvalue weighted by Gasteiger charge is -2.28. The van der Waals surface area contributed by atoms with Gasteiger partial charge in [0.05, 0.1) is 11.9 Å². The van der Waals surface area contributed by atoms with E-state index < -0.39 is 0 Å². The van der Waals surface area contributed by atoms with Gasteiger partial charge in [0.2, 0.25) is 5.91 Å². The van der Waals surface area contributed by atoms with Gasteiger partial charge in [0.25, 0.3) is 0 Å². The van der Waals surface area contributed by atoms with E-state index in [1.165, 1.54) is 0 Å². The van der Waals surface area contributed by atoms with Gasteiger partial charge in [-0.1, -0.05) is 20.8 Å². The number of hydrogen-bond acceptors (Lipinski definition) is 4. The Bertz CT molecular complexity index is 289. The number of nitrogens with zero attached hydrogens (tertiary/aromatic N) is 2. The van der Waals surface area contributed by atoms with Gasteiger partial charge in [0.1, 0.15) is 0 Å². The maximum Gasteiger partial charge on any atom is 0.232 e. The van der Waals surface area contributed by atoms with Crippen molar-refractivity contribution in [2.75, 3.05) is 32.9 Å². The number of aliphatic hydroxyl groups excluding tert-OH is 1. The van der Waals surface area contributed by atoms with Crippen LogP contribution in [0.4, 0.5) is 0 Å². The third-order valence-electron chi connectivity index (χ3n) is 2.92. The maximum atomic E-state index is 12.2. The molecule has 1 fully saturated rings. The summed E-state index contributed by atoms with van der Waals surface area (Å²) in [5, 5.41) is 9.74. The molecule has 1 saturated heterocycles. The molecule has 1 heterocycles. The van der Waals surface area contributed by atoms with Crippen LogP contribution >= 0.6 is 11.8 Å². The van der Waals surface area contributed by atoms with Crippen LogP contribution in [0.15, 0.2) is 0 Å². The largest absolute Gasteiger partial charge is 0.391 e. The first-order valence-corrected chi connectivity index (χ1v) is 7.44. The van der Waals surface area contributed by atoms with E-state index in [1.807, 2.05) is 19.0 Å². The van der Waals surface area contributed by atoms with Crippen LogP contribution in [0.5, 0.6) is 0 Å². The molecule has 4 nitrogen and oxygen atoms in total. The highest BCUT2D eigenvalue weighted by molar-refractivity contribution is 8.01. The smallest absolute Gasteiger partial charge is 0.232 e. The van der Waals surface area contributed by atoms with Crippen molar-refractivity contribution >= 4 is 17.7 Å². The fourth-order valence-electron chi connectivity index (χ4n) is 2.15. The minimum atomic E-state index is -0.362. The number of carbonyl (C=O) groups excluding carboxylic acids is 1. The van der Waals surface area contributed by atoms with Crippen molar-refractivity contribution < 1.29 is 9.90 Å². The number of hydrogen-bond donors (Lipinski definition) is 1. The summed E-state index contributed by atoms with van der Waals surface area (Å²) >= 11 is 1.66. The first-order valence-electron chi connectivity index (χ1n) is 6.45. The second-order valence-electron chi connectivity index (χ2n) is 6.25. The zero-order valence-electron chi connectivity index (χ0n) is 12.1. The zero-order chi connectivity index (χ0) is 13.9.